The smallest absolute Gasteiger partial charge is 0.221 e. The quantitative estimate of drug-likeness (QED) is 0.536. The van der Waals surface area contributed by atoms with Crippen LogP contribution in [-0.4, -0.2) is 16.7 Å². The van der Waals surface area contributed by atoms with Crippen LogP contribution < -0.4 is 5.32 Å². The number of ketones is 1. The normalized spacial score (nSPS) is 11.1. The third-order valence-corrected chi connectivity index (χ3v) is 3.80. The number of fused-ring (bicyclic) bond motifs is 1. The molecule has 0 aliphatic rings. The summed E-state index contributed by atoms with van der Waals surface area (Å²) in [5.41, 5.74) is 3.03. The van der Waals surface area contributed by atoms with Crippen molar-refractivity contribution in [3.63, 3.8) is 0 Å². The van der Waals surface area contributed by atoms with E-state index in [1.165, 1.54) is 13.0 Å². The monoisotopic (exact) mass is 338 g/mol. The van der Waals surface area contributed by atoms with Gasteiger partial charge in [-0.1, -0.05) is 35.9 Å². The number of carbonyl (C=O) groups excluding carboxylic acids is 2. The highest BCUT2D eigenvalue weighted by atomic mass is 35.5. The SMILES string of the molecule is CC(=O)Nc1ccc(C=CC(=O)c2c[nH]c3cc(Cl)ccc23)cc1. The Bertz CT molecular complexity index is 940. The maximum Gasteiger partial charge on any atom is 0.221 e. The molecule has 120 valence electrons. The molecule has 0 fully saturated rings. The van der Waals surface area contributed by atoms with E-state index in [4.69, 9.17) is 11.6 Å². The van der Waals surface area contributed by atoms with Gasteiger partial charge in [0.05, 0.1) is 0 Å². The van der Waals surface area contributed by atoms with Crippen LogP contribution in [0.5, 0.6) is 0 Å². The van der Waals surface area contributed by atoms with Gasteiger partial charge >= 0.3 is 0 Å². The minimum absolute atomic E-state index is 0.0884. The fourth-order valence-electron chi connectivity index (χ4n) is 2.44. The van der Waals surface area contributed by atoms with Crippen molar-refractivity contribution in [3.05, 3.63) is 70.9 Å². The molecular formula is C19H15ClN2O2. The van der Waals surface area contributed by atoms with Gasteiger partial charge in [-0.15, -0.1) is 0 Å². The molecule has 0 radical (unpaired) electrons. The first-order chi connectivity index (χ1) is 11.5. The number of benzene rings is 2. The van der Waals surface area contributed by atoms with Crippen molar-refractivity contribution in [2.45, 2.75) is 6.92 Å². The van der Waals surface area contributed by atoms with Crippen LogP contribution in [0.2, 0.25) is 5.02 Å². The fourth-order valence-corrected chi connectivity index (χ4v) is 2.62. The molecule has 0 saturated heterocycles. The molecule has 1 aromatic heterocycles. The number of nitrogens with one attached hydrogen (secondary N) is 2. The highest BCUT2D eigenvalue weighted by Gasteiger charge is 2.09. The minimum atomic E-state index is -0.118. The molecule has 0 atom stereocenters. The zero-order chi connectivity index (χ0) is 17.1. The summed E-state index contributed by atoms with van der Waals surface area (Å²) in [5.74, 6) is -0.206. The van der Waals surface area contributed by atoms with Crippen molar-refractivity contribution in [2.24, 2.45) is 0 Å². The molecule has 3 aromatic rings. The molecule has 0 bridgehead atoms. The number of allylic oxidation sites excluding steroid dienone is 1. The van der Waals surface area contributed by atoms with Gasteiger partial charge in [0.1, 0.15) is 0 Å². The molecule has 0 unspecified atom stereocenters. The summed E-state index contributed by atoms with van der Waals surface area (Å²) in [6.45, 7) is 1.46. The molecule has 0 spiro atoms. The van der Waals surface area contributed by atoms with Gasteiger partial charge in [0, 0.05) is 40.3 Å². The van der Waals surface area contributed by atoms with E-state index in [2.05, 4.69) is 10.3 Å². The Hall–Kier alpha value is -2.85. The molecule has 1 amide bonds. The third-order valence-electron chi connectivity index (χ3n) is 3.57. The van der Waals surface area contributed by atoms with E-state index >= 15 is 0 Å². The van der Waals surface area contributed by atoms with Crippen LogP contribution in [0.4, 0.5) is 5.69 Å². The summed E-state index contributed by atoms with van der Waals surface area (Å²) in [5, 5.41) is 4.16. The van der Waals surface area contributed by atoms with E-state index in [0.717, 1.165) is 22.2 Å². The van der Waals surface area contributed by atoms with Crippen molar-refractivity contribution in [1.29, 1.82) is 0 Å². The van der Waals surface area contributed by atoms with Gasteiger partial charge in [0.2, 0.25) is 5.91 Å². The molecule has 24 heavy (non-hydrogen) atoms. The molecule has 5 heteroatoms. The summed E-state index contributed by atoms with van der Waals surface area (Å²) in [6, 6.07) is 12.6. The Labute approximate surface area is 144 Å². The van der Waals surface area contributed by atoms with Gasteiger partial charge in [0.25, 0.3) is 0 Å². The van der Waals surface area contributed by atoms with Crippen molar-refractivity contribution in [1.82, 2.24) is 4.98 Å². The van der Waals surface area contributed by atoms with Gasteiger partial charge in [-0.05, 0) is 35.9 Å². The first-order valence-electron chi connectivity index (χ1n) is 7.39. The number of anilines is 1. The van der Waals surface area contributed by atoms with Crippen molar-refractivity contribution < 1.29 is 9.59 Å². The zero-order valence-corrected chi connectivity index (χ0v) is 13.7. The predicted octanol–water partition coefficient (Wildman–Crippen LogP) is 4.68. The molecule has 2 aromatic carbocycles. The number of aromatic nitrogens is 1. The molecule has 0 saturated carbocycles. The maximum atomic E-state index is 12.4. The van der Waals surface area contributed by atoms with E-state index in [9.17, 15) is 9.59 Å². The molecule has 2 N–H and O–H groups in total. The number of rotatable bonds is 4. The summed E-state index contributed by atoms with van der Waals surface area (Å²) < 4.78 is 0. The second-order valence-corrected chi connectivity index (χ2v) is 5.83. The third kappa shape index (κ3) is 3.55. The number of carbonyl (C=O) groups is 2. The number of hydrogen-bond acceptors (Lipinski definition) is 2. The molecule has 1 heterocycles. The lowest BCUT2D eigenvalue weighted by molar-refractivity contribution is -0.114. The Morgan fingerprint density at radius 2 is 1.88 bits per heavy atom. The largest absolute Gasteiger partial charge is 0.360 e. The minimum Gasteiger partial charge on any atom is -0.360 e. The Morgan fingerprint density at radius 3 is 2.58 bits per heavy atom. The molecule has 3 rings (SSSR count). The van der Waals surface area contributed by atoms with Gasteiger partial charge < -0.3 is 10.3 Å². The van der Waals surface area contributed by atoms with E-state index in [0.29, 0.717) is 10.6 Å². The van der Waals surface area contributed by atoms with Crippen molar-refractivity contribution in [2.75, 3.05) is 5.32 Å². The van der Waals surface area contributed by atoms with Gasteiger partial charge in [-0.25, -0.2) is 0 Å². The van der Waals surface area contributed by atoms with E-state index < -0.39 is 0 Å². The van der Waals surface area contributed by atoms with Gasteiger partial charge in [-0.2, -0.15) is 0 Å². The standard InChI is InChI=1S/C19H15ClN2O2/c1-12(23)22-15-6-2-13(3-7-15)4-9-19(24)17-11-21-18-10-14(20)5-8-16(17)18/h2-11,21H,1H3,(H,22,23). The second kappa shape index (κ2) is 6.72. The molecular weight excluding hydrogens is 324 g/mol. The Balaban J connectivity index is 1.78. The Kier molecular flexibility index (Phi) is 4.49. The number of amides is 1. The van der Waals surface area contributed by atoms with Crippen molar-refractivity contribution >= 4 is 46.0 Å². The second-order valence-electron chi connectivity index (χ2n) is 5.39. The van der Waals surface area contributed by atoms with E-state index in [1.807, 2.05) is 18.2 Å². The number of H-pyrrole nitrogens is 1. The Morgan fingerprint density at radius 1 is 1.12 bits per heavy atom. The predicted molar refractivity (Wildman–Crippen MR) is 97.4 cm³/mol. The number of aromatic amines is 1. The van der Waals surface area contributed by atoms with E-state index in [1.54, 1.807) is 36.5 Å². The number of hydrogen-bond donors (Lipinski definition) is 2. The summed E-state index contributed by atoms with van der Waals surface area (Å²) in [7, 11) is 0. The lowest BCUT2D eigenvalue weighted by Crippen LogP contribution is -2.05. The highest BCUT2D eigenvalue weighted by molar-refractivity contribution is 6.31. The van der Waals surface area contributed by atoms with Crippen LogP contribution in [0.15, 0.2) is 54.7 Å². The van der Waals surface area contributed by atoms with E-state index in [-0.39, 0.29) is 11.7 Å². The zero-order valence-electron chi connectivity index (χ0n) is 13.0. The van der Waals surface area contributed by atoms with Crippen LogP contribution in [0.3, 0.4) is 0 Å². The van der Waals surface area contributed by atoms with Gasteiger partial charge in [0.15, 0.2) is 5.78 Å². The molecule has 4 nitrogen and oxygen atoms in total. The van der Waals surface area contributed by atoms with Crippen LogP contribution >= 0.6 is 11.6 Å². The number of halogens is 1. The van der Waals surface area contributed by atoms with Crippen LogP contribution in [0.1, 0.15) is 22.8 Å². The average molecular weight is 339 g/mol. The first kappa shape index (κ1) is 16.0. The van der Waals surface area contributed by atoms with Gasteiger partial charge in [-0.3, -0.25) is 9.59 Å². The topological polar surface area (TPSA) is 62.0 Å². The van der Waals surface area contributed by atoms with Crippen LogP contribution in [0, 0.1) is 0 Å². The first-order valence-corrected chi connectivity index (χ1v) is 7.77. The maximum absolute atomic E-state index is 12.4. The lowest BCUT2D eigenvalue weighted by Gasteiger charge is -2.01. The summed E-state index contributed by atoms with van der Waals surface area (Å²) in [6.07, 6.45) is 4.97. The average Bonchev–Trinajstić information content (AvgIpc) is 2.96. The summed E-state index contributed by atoms with van der Waals surface area (Å²) >= 11 is 5.95. The fraction of sp³-hybridized carbons (Fsp3) is 0.0526. The van der Waals surface area contributed by atoms with Crippen LogP contribution in [0.25, 0.3) is 17.0 Å². The lowest BCUT2D eigenvalue weighted by atomic mass is 10.1. The van der Waals surface area contributed by atoms with Crippen molar-refractivity contribution in [3.8, 4) is 0 Å². The highest BCUT2D eigenvalue weighted by Crippen LogP contribution is 2.23. The molecule has 0 aliphatic carbocycles. The molecule has 0 aliphatic heterocycles. The van der Waals surface area contributed by atoms with Crippen LogP contribution in [-0.2, 0) is 4.79 Å². The summed E-state index contributed by atoms with van der Waals surface area (Å²) in [4.78, 5) is 26.4.